The number of nitrogens with one attached hydrogen (secondary N) is 1. The fraction of sp³-hybridized carbons (Fsp3) is 0. The molecule has 2 heterocycles. The molecule has 4 aromatic rings. The van der Waals surface area contributed by atoms with Crippen molar-refractivity contribution >= 4 is 39.0 Å². The lowest BCUT2D eigenvalue weighted by molar-refractivity contribution is -0.383. The number of nitrogens with zero attached hydrogens (tertiary/aromatic N) is 3. The number of anilines is 2. The molecule has 0 aliphatic heterocycles. The summed E-state index contributed by atoms with van der Waals surface area (Å²) >= 11 is 0. The third-order valence-electron chi connectivity index (χ3n) is 3.79. The van der Waals surface area contributed by atoms with Crippen molar-refractivity contribution in [1.29, 1.82) is 0 Å². The van der Waals surface area contributed by atoms with Gasteiger partial charge in [-0.2, -0.15) is 0 Å². The summed E-state index contributed by atoms with van der Waals surface area (Å²) in [6, 6.07) is 18.2. The van der Waals surface area contributed by atoms with Crippen molar-refractivity contribution in [2.24, 2.45) is 0 Å². The molecular formula is C18H12N4O2. The van der Waals surface area contributed by atoms with Crippen LogP contribution in [0.5, 0.6) is 0 Å². The lowest BCUT2D eigenvalue weighted by Crippen LogP contribution is -1.97. The number of non-ortho nitro benzene ring substituents is 1. The van der Waals surface area contributed by atoms with Gasteiger partial charge in [0.05, 0.1) is 16.1 Å². The van der Waals surface area contributed by atoms with Crippen molar-refractivity contribution in [1.82, 2.24) is 9.97 Å². The summed E-state index contributed by atoms with van der Waals surface area (Å²) in [5.74, 6) is 0.537. The van der Waals surface area contributed by atoms with E-state index >= 15 is 0 Å². The van der Waals surface area contributed by atoms with Crippen molar-refractivity contribution in [2.45, 2.75) is 0 Å². The summed E-state index contributed by atoms with van der Waals surface area (Å²) in [6.07, 6.45) is 1.73. The first kappa shape index (κ1) is 14.1. The van der Waals surface area contributed by atoms with Gasteiger partial charge < -0.3 is 5.32 Å². The molecule has 0 bridgehead atoms. The Morgan fingerprint density at radius 1 is 0.875 bits per heavy atom. The maximum atomic E-state index is 11.2. The maximum Gasteiger partial charge on any atom is 0.295 e. The number of fused-ring (bicyclic) bond motifs is 2. The molecule has 0 unspecified atom stereocenters. The molecule has 1 N–H and O–H groups in total. The molecule has 0 amide bonds. The molecule has 4 rings (SSSR count). The average Bonchev–Trinajstić information content (AvgIpc) is 2.61. The number of hydrogen-bond acceptors (Lipinski definition) is 5. The van der Waals surface area contributed by atoms with Crippen LogP contribution in [-0.2, 0) is 0 Å². The van der Waals surface area contributed by atoms with Crippen molar-refractivity contribution in [3.63, 3.8) is 0 Å². The zero-order valence-electron chi connectivity index (χ0n) is 12.5. The van der Waals surface area contributed by atoms with E-state index in [0.29, 0.717) is 11.3 Å². The Bertz CT molecular complexity index is 1070. The normalized spacial score (nSPS) is 10.8. The number of benzene rings is 2. The van der Waals surface area contributed by atoms with Crippen LogP contribution in [0.1, 0.15) is 0 Å². The minimum absolute atomic E-state index is 0.00723. The Balaban J connectivity index is 1.82. The Morgan fingerprint density at radius 2 is 1.62 bits per heavy atom. The Kier molecular flexibility index (Phi) is 3.28. The zero-order valence-corrected chi connectivity index (χ0v) is 12.5. The largest absolute Gasteiger partial charge is 0.338 e. The molecule has 0 saturated carbocycles. The average molecular weight is 316 g/mol. The Morgan fingerprint density at radius 3 is 2.46 bits per heavy atom. The fourth-order valence-corrected chi connectivity index (χ4v) is 2.69. The molecule has 0 aliphatic carbocycles. The number of pyridine rings is 2. The number of para-hydroxylation sites is 2. The standard InChI is InChI=1S/C18H12N4O2/c23-22(24)15-8-2-5-13-9-10-16(21-18(13)15)20-14-7-1-4-12-6-3-11-19-17(12)14/h1-11H,(H,20,21). The number of nitro benzene ring substituents is 1. The van der Waals surface area contributed by atoms with E-state index in [1.54, 1.807) is 24.4 Å². The summed E-state index contributed by atoms with van der Waals surface area (Å²) in [6.45, 7) is 0. The van der Waals surface area contributed by atoms with Crippen LogP contribution in [0.15, 0.2) is 66.9 Å². The van der Waals surface area contributed by atoms with E-state index in [0.717, 1.165) is 22.0 Å². The van der Waals surface area contributed by atoms with Crippen LogP contribution in [0.4, 0.5) is 17.2 Å². The van der Waals surface area contributed by atoms with E-state index in [1.807, 2.05) is 36.4 Å². The van der Waals surface area contributed by atoms with Gasteiger partial charge in [-0.15, -0.1) is 0 Å². The first-order chi connectivity index (χ1) is 11.7. The van der Waals surface area contributed by atoms with Crippen molar-refractivity contribution in [3.05, 3.63) is 77.0 Å². The quantitative estimate of drug-likeness (QED) is 0.446. The van der Waals surface area contributed by atoms with E-state index in [-0.39, 0.29) is 5.69 Å². The summed E-state index contributed by atoms with van der Waals surface area (Å²) < 4.78 is 0. The van der Waals surface area contributed by atoms with E-state index in [1.165, 1.54) is 6.07 Å². The summed E-state index contributed by atoms with van der Waals surface area (Å²) in [5, 5.41) is 16.1. The van der Waals surface area contributed by atoms with Gasteiger partial charge in [0.25, 0.3) is 5.69 Å². The number of rotatable bonds is 3. The van der Waals surface area contributed by atoms with Crippen LogP contribution < -0.4 is 5.32 Å². The van der Waals surface area contributed by atoms with Crippen molar-refractivity contribution in [2.75, 3.05) is 5.32 Å². The molecule has 0 atom stereocenters. The highest BCUT2D eigenvalue weighted by molar-refractivity contribution is 5.93. The molecule has 6 nitrogen and oxygen atoms in total. The summed E-state index contributed by atoms with van der Waals surface area (Å²) in [4.78, 5) is 19.6. The van der Waals surface area contributed by atoms with E-state index in [9.17, 15) is 10.1 Å². The minimum Gasteiger partial charge on any atom is -0.338 e. The number of aromatic nitrogens is 2. The highest BCUT2D eigenvalue weighted by atomic mass is 16.6. The van der Waals surface area contributed by atoms with E-state index in [4.69, 9.17) is 0 Å². The van der Waals surface area contributed by atoms with Gasteiger partial charge in [-0.25, -0.2) is 4.98 Å². The van der Waals surface area contributed by atoms with Gasteiger partial charge in [-0.3, -0.25) is 15.1 Å². The van der Waals surface area contributed by atoms with E-state index in [2.05, 4.69) is 15.3 Å². The van der Waals surface area contributed by atoms with Crippen molar-refractivity contribution in [3.8, 4) is 0 Å². The second kappa shape index (κ2) is 5.58. The molecule has 6 heteroatoms. The Hall–Kier alpha value is -3.54. The summed E-state index contributed by atoms with van der Waals surface area (Å²) in [5.41, 5.74) is 1.98. The number of hydrogen-bond donors (Lipinski definition) is 1. The lowest BCUT2D eigenvalue weighted by Gasteiger charge is -2.09. The zero-order chi connectivity index (χ0) is 16.5. The van der Waals surface area contributed by atoms with Crippen LogP contribution in [0.3, 0.4) is 0 Å². The molecule has 116 valence electrons. The molecule has 0 fully saturated rings. The van der Waals surface area contributed by atoms with Gasteiger partial charge in [-0.05, 0) is 24.3 Å². The third kappa shape index (κ3) is 2.40. The van der Waals surface area contributed by atoms with Gasteiger partial charge in [0.15, 0.2) is 5.52 Å². The molecule has 0 aliphatic rings. The van der Waals surface area contributed by atoms with Crippen LogP contribution >= 0.6 is 0 Å². The highest BCUT2D eigenvalue weighted by Crippen LogP contribution is 2.28. The third-order valence-corrected chi connectivity index (χ3v) is 3.79. The van der Waals surface area contributed by atoms with Crippen LogP contribution in [0.25, 0.3) is 21.8 Å². The van der Waals surface area contributed by atoms with Crippen LogP contribution in [0, 0.1) is 10.1 Å². The predicted molar refractivity (Wildman–Crippen MR) is 93.4 cm³/mol. The highest BCUT2D eigenvalue weighted by Gasteiger charge is 2.13. The topological polar surface area (TPSA) is 81.0 Å². The predicted octanol–water partition coefficient (Wildman–Crippen LogP) is 4.43. The van der Waals surface area contributed by atoms with Crippen LogP contribution in [-0.4, -0.2) is 14.9 Å². The molecule has 2 aromatic heterocycles. The van der Waals surface area contributed by atoms with Gasteiger partial charge in [0.1, 0.15) is 5.82 Å². The monoisotopic (exact) mass is 316 g/mol. The van der Waals surface area contributed by atoms with Crippen molar-refractivity contribution < 1.29 is 4.92 Å². The smallest absolute Gasteiger partial charge is 0.295 e. The molecule has 2 aromatic carbocycles. The van der Waals surface area contributed by atoms with Gasteiger partial charge in [-0.1, -0.05) is 30.3 Å². The lowest BCUT2D eigenvalue weighted by atomic mass is 10.2. The molecule has 24 heavy (non-hydrogen) atoms. The minimum atomic E-state index is -0.418. The SMILES string of the molecule is O=[N+]([O-])c1cccc2ccc(Nc3cccc4cccnc34)nc12. The molecule has 0 spiro atoms. The molecule has 0 radical (unpaired) electrons. The summed E-state index contributed by atoms with van der Waals surface area (Å²) in [7, 11) is 0. The first-order valence-corrected chi connectivity index (χ1v) is 7.37. The van der Waals surface area contributed by atoms with E-state index < -0.39 is 4.92 Å². The van der Waals surface area contributed by atoms with Gasteiger partial charge >= 0.3 is 0 Å². The Labute approximate surface area is 136 Å². The fourth-order valence-electron chi connectivity index (χ4n) is 2.69. The number of nitro groups is 1. The second-order valence-corrected chi connectivity index (χ2v) is 5.31. The second-order valence-electron chi connectivity index (χ2n) is 5.31. The molecule has 0 saturated heterocycles. The first-order valence-electron chi connectivity index (χ1n) is 7.37. The maximum absolute atomic E-state index is 11.2. The van der Waals surface area contributed by atoms with Gasteiger partial charge in [0.2, 0.25) is 0 Å². The van der Waals surface area contributed by atoms with Crippen LogP contribution in [0.2, 0.25) is 0 Å². The van der Waals surface area contributed by atoms with Gasteiger partial charge in [0, 0.05) is 23.0 Å². The molecular weight excluding hydrogens is 304 g/mol.